The summed E-state index contributed by atoms with van der Waals surface area (Å²) in [5.74, 6) is 0. The number of carbonyl (C=O) groups is 1. The summed E-state index contributed by atoms with van der Waals surface area (Å²) >= 11 is 0. The minimum atomic E-state index is -3.96. The zero-order chi connectivity index (χ0) is 16.3. The summed E-state index contributed by atoms with van der Waals surface area (Å²) in [6.07, 6.45) is -1.09. The number of nitrogens with one attached hydrogen (secondary N) is 1. The Morgan fingerprint density at radius 2 is 1.78 bits per heavy atom. The van der Waals surface area contributed by atoms with Crippen molar-refractivity contribution in [3.63, 3.8) is 0 Å². The summed E-state index contributed by atoms with van der Waals surface area (Å²) in [5.41, 5.74) is 1.32. The third-order valence-corrected chi connectivity index (χ3v) is 4.34. The van der Waals surface area contributed by atoms with E-state index in [2.05, 4.69) is 10.3 Å². The Morgan fingerprint density at radius 3 is 2.57 bits per heavy atom. The van der Waals surface area contributed by atoms with Gasteiger partial charge in [0.05, 0.1) is 10.4 Å². The predicted octanol–water partition coefficient (Wildman–Crippen LogP) is 1.50. The number of nitrogens with zero attached hydrogens (tertiary/aromatic N) is 3. The molecule has 1 heterocycles. The first-order chi connectivity index (χ1) is 11.1. The molecule has 0 radical (unpaired) electrons. The lowest BCUT2D eigenvalue weighted by atomic mass is 10.3. The molecule has 0 aliphatic heterocycles. The lowest BCUT2D eigenvalue weighted by Gasteiger charge is -2.08. The van der Waals surface area contributed by atoms with Gasteiger partial charge in [-0.15, -0.1) is 5.10 Å². The van der Waals surface area contributed by atoms with Gasteiger partial charge < -0.3 is 4.74 Å². The van der Waals surface area contributed by atoms with E-state index in [0.29, 0.717) is 11.0 Å². The highest BCUT2D eigenvalue weighted by atomic mass is 32.2. The van der Waals surface area contributed by atoms with Crippen molar-refractivity contribution in [3.05, 3.63) is 54.6 Å². The number of ether oxygens (including phenoxy) is 1. The summed E-state index contributed by atoms with van der Waals surface area (Å²) in [6.45, 7) is -0.253. The maximum atomic E-state index is 12.0. The highest BCUT2D eigenvalue weighted by Gasteiger charge is 2.18. The number of amides is 1. The molecule has 0 fully saturated rings. The molecular weight excluding hydrogens is 320 g/mol. The normalized spacial score (nSPS) is 11.3. The van der Waals surface area contributed by atoms with Crippen LogP contribution in [0.5, 0.6) is 0 Å². The number of hydrogen-bond donors (Lipinski definition) is 1. The molecule has 1 amide bonds. The van der Waals surface area contributed by atoms with E-state index >= 15 is 0 Å². The van der Waals surface area contributed by atoms with Crippen molar-refractivity contribution < 1.29 is 17.9 Å². The Hall–Kier alpha value is -2.94. The Labute approximate surface area is 131 Å². The van der Waals surface area contributed by atoms with Crippen molar-refractivity contribution in [3.8, 4) is 0 Å². The van der Waals surface area contributed by atoms with Gasteiger partial charge in [-0.05, 0) is 24.3 Å². The summed E-state index contributed by atoms with van der Waals surface area (Å²) < 4.78 is 32.0. The van der Waals surface area contributed by atoms with Gasteiger partial charge in [0.25, 0.3) is 10.0 Å². The van der Waals surface area contributed by atoms with E-state index in [-0.39, 0.29) is 11.6 Å². The lowest BCUT2D eigenvalue weighted by Crippen LogP contribution is -2.31. The Balaban J connectivity index is 1.66. The van der Waals surface area contributed by atoms with Crippen LogP contribution in [0.3, 0.4) is 0 Å². The fraction of sp³-hybridized carbons (Fsp3) is 0.0714. The van der Waals surface area contributed by atoms with Gasteiger partial charge in [0.1, 0.15) is 5.52 Å². The summed E-state index contributed by atoms with van der Waals surface area (Å²) in [7, 11) is -3.96. The third kappa shape index (κ3) is 3.29. The Kier molecular flexibility index (Phi) is 3.94. The first-order valence-electron chi connectivity index (χ1n) is 6.59. The second-order valence-corrected chi connectivity index (χ2v) is 6.24. The Bertz CT molecular complexity index is 938. The van der Waals surface area contributed by atoms with Crippen molar-refractivity contribution in [1.29, 1.82) is 0 Å². The van der Waals surface area contributed by atoms with Crippen LogP contribution in [-0.4, -0.2) is 29.5 Å². The first-order valence-corrected chi connectivity index (χ1v) is 8.07. The van der Waals surface area contributed by atoms with Gasteiger partial charge in [-0.3, -0.25) is 0 Å². The van der Waals surface area contributed by atoms with E-state index in [9.17, 15) is 13.2 Å². The molecule has 2 aromatic carbocycles. The largest absolute Gasteiger partial charge is 0.425 e. The van der Waals surface area contributed by atoms with Crippen LogP contribution in [0.25, 0.3) is 11.0 Å². The van der Waals surface area contributed by atoms with Crippen molar-refractivity contribution in [2.24, 2.45) is 0 Å². The van der Waals surface area contributed by atoms with Gasteiger partial charge in [-0.1, -0.05) is 35.5 Å². The molecule has 0 aliphatic carbocycles. The molecule has 118 valence electrons. The first kappa shape index (κ1) is 15.0. The van der Waals surface area contributed by atoms with Crippen molar-refractivity contribution >= 4 is 27.1 Å². The molecule has 3 rings (SSSR count). The predicted molar refractivity (Wildman–Crippen MR) is 80.8 cm³/mol. The van der Waals surface area contributed by atoms with Crippen LogP contribution < -0.4 is 4.72 Å². The van der Waals surface area contributed by atoms with E-state index in [0.717, 1.165) is 0 Å². The molecule has 0 atom stereocenters. The number of sulfonamides is 1. The monoisotopic (exact) mass is 332 g/mol. The summed E-state index contributed by atoms with van der Waals surface area (Å²) in [4.78, 5) is 11.7. The average molecular weight is 332 g/mol. The topological polar surface area (TPSA) is 103 Å². The Morgan fingerprint density at radius 1 is 1.09 bits per heavy atom. The number of fused-ring (bicyclic) bond motifs is 1. The van der Waals surface area contributed by atoms with E-state index < -0.39 is 16.1 Å². The van der Waals surface area contributed by atoms with Crippen molar-refractivity contribution in [2.45, 2.75) is 11.6 Å². The molecule has 23 heavy (non-hydrogen) atoms. The molecule has 9 heteroatoms. The minimum Gasteiger partial charge on any atom is -0.425 e. The molecule has 1 aromatic heterocycles. The van der Waals surface area contributed by atoms with Crippen LogP contribution in [0.2, 0.25) is 0 Å². The number of para-hydroxylation sites is 1. The number of rotatable bonds is 4. The smallest absolute Gasteiger partial charge is 0.422 e. The molecule has 0 saturated carbocycles. The molecule has 0 bridgehead atoms. The van der Waals surface area contributed by atoms with Gasteiger partial charge in [0.15, 0.2) is 6.73 Å². The summed E-state index contributed by atoms with van der Waals surface area (Å²) in [5, 5.41) is 7.74. The zero-order valence-corrected chi connectivity index (χ0v) is 12.6. The van der Waals surface area contributed by atoms with Gasteiger partial charge in [0.2, 0.25) is 0 Å². The van der Waals surface area contributed by atoms with Crippen LogP contribution >= 0.6 is 0 Å². The van der Waals surface area contributed by atoms with Crippen LogP contribution in [0.4, 0.5) is 4.79 Å². The van der Waals surface area contributed by atoms with Crippen molar-refractivity contribution in [2.75, 3.05) is 0 Å². The highest BCUT2D eigenvalue weighted by molar-refractivity contribution is 7.90. The molecule has 0 saturated heterocycles. The summed E-state index contributed by atoms with van der Waals surface area (Å²) in [6, 6.07) is 14.7. The molecular formula is C14H12N4O4S. The van der Waals surface area contributed by atoms with E-state index in [1.807, 2.05) is 4.72 Å². The molecule has 3 aromatic rings. The van der Waals surface area contributed by atoms with Crippen LogP contribution in [-0.2, 0) is 21.5 Å². The van der Waals surface area contributed by atoms with Gasteiger partial charge in [0, 0.05) is 0 Å². The molecule has 1 N–H and O–H groups in total. The third-order valence-electron chi connectivity index (χ3n) is 3.01. The van der Waals surface area contributed by atoms with E-state index in [1.54, 1.807) is 42.5 Å². The number of hydrogen-bond acceptors (Lipinski definition) is 6. The van der Waals surface area contributed by atoms with Gasteiger partial charge >= 0.3 is 6.09 Å². The fourth-order valence-corrected chi connectivity index (χ4v) is 2.84. The second-order valence-electron chi connectivity index (χ2n) is 4.56. The van der Waals surface area contributed by atoms with Gasteiger partial charge in [-0.2, -0.15) is 0 Å². The number of benzene rings is 2. The van der Waals surface area contributed by atoms with Gasteiger partial charge in [-0.25, -0.2) is 22.6 Å². The SMILES string of the molecule is O=C(NS(=O)(=O)c1ccccc1)OCn1nnc2ccccc21. The average Bonchev–Trinajstić information content (AvgIpc) is 2.97. The quantitative estimate of drug-likeness (QED) is 0.776. The standard InChI is InChI=1S/C14H12N4O4S/c19-14(16-23(20,21)11-6-2-1-3-7-11)22-10-18-13-9-5-4-8-12(13)15-17-18/h1-9H,10H2,(H,16,19). The fourth-order valence-electron chi connectivity index (χ4n) is 1.93. The van der Waals surface area contributed by atoms with Crippen LogP contribution in [0.1, 0.15) is 0 Å². The highest BCUT2D eigenvalue weighted by Crippen LogP contribution is 2.10. The second kappa shape index (κ2) is 6.05. The van der Waals surface area contributed by atoms with E-state index in [4.69, 9.17) is 4.74 Å². The number of carbonyl (C=O) groups excluding carboxylic acids is 1. The van der Waals surface area contributed by atoms with Crippen LogP contribution in [0.15, 0.2) is 59.5 Å². The molecule has 8 nitrogen and oxygen atoms in total. The molecule has 0 spiro atoms. The number of aromatic nitrogens is 3. The zero-order valence-electron chi connectivity index (χ0n) is 11.8. The molecule has 0 unspecified atom stereocenters. The maximum Gasteiger partial charge on any atom is 0.422 e. The van der Waals surface area contributed by atoms with Crippen molar-refractivity contribution in [1.82, 2.24) is 19.7 Å². The van der Waals surface area contributed by atoms with Crippen LogP contribution in [0, 0.1) is 0 Å². The minimum absolute atomic E-state index is 0.0249. The maximum absolute atomic E-state index is 12.0. The van der Waals surface area contributed by atoms with E-state index in [1.165, 1.54) is 16.8 Å². The molecule has 0 aliphatic rings. The lowest BCUT2D eigenvalue weighted by molar-refractivity contribution is 0.114.